The van der Waals surface area contributed by atoms with Gasteiger partial charge in [-0.05, 0) is 24.3 Å². The van der Waals surface area contributed by atoms with Gasteiger partial charge in [0.25, 0.3) is 0 Å². The van der Waals surface area contributed by atoms with E-state index in [-0.39, 0.29) is 17.3 Å². The van der Waals surface area contributed by atoms with E-state index in [1.165, 1.54) is 28.6 Å². The molecule has 0 unspecified atom stereocenters. The molecule has 0 radical (unpaired) electrons. The average Bonchev–Trinajstić information content (AvgIpc) is 2.78. The fraction of sp³-hybridized carbons (Fsp3) is 0.429. The summed E-state index contributed by atoms with van der Waals surface area (Å²) in [7, 11) is -3.64. The largest absolute Gasteiger partial charge is 0.488 e. The van der Waals surface area contributed by atoms with Gasteiger partial charge in [-0.25, -0.2) is 12.8 Å². The van der Waals surface area contributed by atoms with Gasteiger partial charge in [0.05, 0.1) is 31.1 Å². The Bertz CT molecular complexity index is 1010. The first-order valence-corrected chi connectivity index (χ1v) is 11.7. The third-order valence-corrected chi connectivity index (χ3v) is 7.27. The zero-order chi connectivity index (χ0) is 21.8. The van der Waals surface area contributed by atoms with Crippen LogP contribution in [0.2, 0.25) is 0 Å². The van der Waals surface area contributed by atoms with Crippen LogP contribution in [0.25, 0.3) is 0 Å². The maximum absolute atomic E-state index is 13.6. The molecule has 2 aromatic rings. The minimum atomic E-state index is -3.64. The van der Waals surface area contributed by atoms with E-state index in [9.17, 15) is 17.9 Å². The third kappa shape index (κ3) is 5.09. The summed E-state index contributed by atoms with van der Waals surface area (Å²) in [6.45, 7) is 3.00. The average molecular weight is 454 g/mol. The van der Waals surface area contributed by atoms with Gasteiger partial charge in [0.2, 0.25) is 10.0 Å². The summed E-state index contributed by atoms with van der Waals surface area (Å²) in [5.74, 6) is 0.618. The van der Waals surface area contributed by atoms with Crippen LogP contribution >= 0.6 is 0 Å². The summed E-state index contributed by atoms with van der Waals surface area (Å²) < 4.78 is 57.4. The van der Waals surface area contributed by atoms with Crippen molar-refractivity contribution in [1.82, 2.24) is 4.31 Å². The van der Waals surface area contributed by atoms with Crippen molar-refractivity contribution >= 4 is 10.0 Å². The zero-order valence-electron chi connectivity index (χ0n) is 17.0. The molecule has 168 valence electrons. The lowest BCUT2D eigenvalue weighted by atomic mass is 10.3. The maximum Gasteiger partial charge on any atom is 0.243 e. The summed E-state index contributed by atoms with van der Waals surface area (Å²) in [5.41, 5.74) is 0. The Morgan fingerprint density at radius 3 is 2.55 bits per heavy atom. The molecule has 0 aliphatic carbocycles. The predicted octanol–water partition coefficient (Wildman–Crippen LogP) is -0.0740. The quantitative estimate of drug-likeness (QED) is 0.610. The number of quaternary nitrogens is 1. The Labute approximate surface area is 180 Å². The monoisotopic (exact) mass is 453 g/mol. The molecule has 2 aromatic carbocycles. The van der Waals surface area contributed by atoms with E-state index >= 15 is 0 Å². The first-order chi connectivity index (χ1) is 14.9. The Balaban J connectivity index is 1.29. The number of ether oxygens (including phenoxy) is 3. The van der Waals surface area contributed by atoms with Crippen LogP contribution in [0.4, 0.5) is 4.39 Å². The summed E-state index contributed by atoms with van der Waals surface area (Å²) in [5, 5.41) is 10.2. The lowest BCUT2D eigenvalue weighted by Crippen LogP contribution is -3.15. The highest BCUT2D eigenvalue weighted by Crippen LogP contribution is 2.33. The standard InChI is InChI=1S/C21H25FN2O6S/c22-18-3-1-2-4-19(18)30-15-16(25)14-23-7-9-24(10-8-23)31(26,27)17-5-6-20-21(13-17)29-12-11-28-20/h1-6,13,16,25H,7-12,14-15H2/p+1/t16-/m0/s1. The van der Waals surface area contributed by atoms with Crippen LogP contribution in [-0.4, -0.2) is 76.5 Å². The molecule has 2 heterocycles. The summed E-state index contributed by atoms with van der Waals surface area (Å²) in [6, 6.07) is 10.7. The van der Waals surface area contributed by atoms with Crippen LogP contribution in [0.1, 0.15) is 0 Å². The smallest absolute Gasteiger partial charge is 0.243 e. The van der Waals surface area contributed by atoms with Crippen molar-refractivity contribution in [3.63, 3.8) is 0 Å². The van der Waals surface area contributed by atoms with Crippen molar-refractivity contribution < 1.29 is 37.0 Å². The van der Waals surface area contributed by atoms with E-state index in [1.807, 2.05) is 0 Å². The van der Waals surface area contributed by atoms with Gasteiger partial charge in [-0.1, -0.05) is 12.1 Å². The van der Waals surface area contributed by atoms with Gasteiger partial charge >= 0.3 is 0 Å². The number of halogens is 1. The first-order valence-electron chi connectivity index (χ1n) is 10.2. The number of nitrogens with zero attached hydrogens (tertiary/aromatic N) is 1. The lowest BCUT2D eigenvalue weighted by Gasteiger charge is -2.32. The van der Waals surface area contributed by atoms with E-state index < -0.39 is 21.9 Å². The second-order valence-corrected chi connectivity index (χ2v) is 9.50. The fourth-order valence-corrected chi connectivity index (χ4v) is 5.18. The molecule has 31 heavy (non-hydrogen) atoms. The van der Waals surface area contributed by atoms with E-state index in [2.05, 4.69) is 0 Å². The van der Waals surface area contributed by atoms with E-state index in [4.69, 9.17) is 14.2 Å². The zero-order valence-corrected chi connectivity index (χ0v) is 17.8. The number of benzene rings is 2. The van der Waals surface area contributed by atoms with Crippen molar-refractivity contribution in [2.45, 2.75) is 11.0 Å². The molecule has 1 saturated heterocycles. The number of nitrogens with one attached hydrogen (secondary N) is 1. The van der Waals surface area contributed by atoms with Gasteiger partial charge in [0.1, 0.15) is 32.5 Å². The predicted molar refractivity (Wildman–Crippen MR) is 110 cm³/mol. The van der Waals surface area contributed by atoms with Crippen molar-refractivity contribution in [1.29, 1.82) is 0 Å². The number of aliphatic hydroxyl groups excluding tert-OH is 1. The molecular formula is C21H26FN2O6S+. The molecular weight excluding hydrogens is 427 g/mol. The maximum atomic E-state index is 13.6. The molecule has 0 spiro atoms. The molecule has 1 fully saturated rings. The molecule has 0 aromatic heterocycles. The number of hydrogen-bond acceptors (Lipinski definition) is 6. The molecule has 2 N–H and O–H groups in total. The molecule has 10 heteroatoms. The van der Waals surface area contributed by atoms with Crippen LogP contribution < -0.4 is 19.1 Å². The number of rotatable bonds is 7. The number of aliphatic hydroxyl groups is 1. The number of piperazine rings is 1. The van der Waals surface area contributed by atoms with Crippen LogP contribution in [0.3, 0.4) is 0 Å². The van der Waals surface area contributed by atoms with E-state index in [0.717, 1.165) is 4.90 Å². The molecule has 2 aliphatic heterocycles. The third-order valence-electron chi connectivity index (χ3n) is 5.37. The Morgan fingerprint density at radius 1 is 1.10 bits per heavy atom. The summed E-state index contributed by atoms with van der Waals surface area (Å²) >= 11 is 0. The SMILES string of the molecule is O=S(=O)(c1ccc2c(c1)OCCO2)N1CC[NH+](C[C@H](O)COc2ccccc2F)CC1. The number of hydrogen-bond donors (Lipinski definition) is 2. The van der Waals surface area contributed by atoms with Crippen LogP contribution in [0.15, 0.2) is 47.4 Å². The highest BCUT2D eigenvalue weighted by molar-refractivity contribution is 7.89. The summed E-state index contributed by atoms with van der Waals surface area (Å²) in [6.07, 6.45) is -0.782. The van der Waals surface area contributed by atoms with Gasteiger partial charge in [-0.15, -0.1) is 0 Å². The Morgan fingerprint density at radius 2 is 1.81 bits per heavy atom. The minimum absolute atomic E-state index is 0.0242. The van der Waals surface area contributed by atoms with Crippen molar-refractivity contribution in [3.05, 3.63) is 48.3 Å². The van der Waals surface area contributed by atoms with Crippen molar-refractivity contribution in [2.24, 2.45) is 0 Å². The van der Waals surface area contributed by atoms with Gasteiger partial charge in [-0.2, -0.15) is 4.31 Å². The topological polar surface area (TPSA) is 89.7 Å². The second-order valence-electron chi connectivity index (χ2n) is 7.56. The number of sulfonamides is 1. The van der Waals surface area contributed by atoms with Crippen molar-refractivity contribution in [2.75, 3.05) is 52.5 Å². The lowest BCUT2D eigenvalue weighted by molar-refractivity contribution is -0.906. The molecule has 0 saturated carbocycles. The normalized spacial score (nSPS) is 18.5. The van der Waals surface area contributed by atoms with Gasteiger partial charge in [0, 0.05) is 6.07 Å². The molecule has 2 aliphatic rings. The molecule has 0 amide bonds. The van der Waals surface area contributed by atoms with Crippen LogP contribution in [0.5, 0.6) is 17.2 Å². The number of fused-ring (bicyclic) bond motifs is 1. The second kappa shape index (κ2) is 9.39. The number of para-hydroxylation sites is 1. The Kier molecular flexibility index (Phi) is 6.61. The summed E-state index contributed by atoms with van der Waals surface area (Å²) in [4.78, 5) is 1.25. The van der Waals surface area contributed by atoms with E-state index in [0.29, 0.717) is 57.4 Å². The first kappa shape index (κ1) is 21.8. The van der Waals surface area contributed by atoms with Gasteiger partial charge in [0.15, 0.2) is 23.1 Å². The van der Waals surface area contributed by atoms with Crippen LogP contribution in [-0.2, 0) is 10.0 Å². The minimum Gasteiger partial charge on any atom is -0.488 e. The molecule has 0 bridgehead atoms. The van der Waals surface area contributed by atoms with Crippen LogP contribution in [0, 0.1) is 5.82 Å². The van der Waals surface area contributed by atoms with Gasteiger partial charge in [-0.3, -0.25) is 0 Å². The highest BCUT2D eigenvalue weighted by atomic mass is 32.2. The van der Waals surface area contributed by atoms with Crippen molar-refractivity contribution in [3.8, 4) is 17.2 Å². The Hall–Kier alpha value is -2.40. The van der Waals surface area contributed by atoms with Gasteiger partial charge < -0.3 is 24.2 Å². The van der Waals surface area contributed by atoms with E-state index in [1.54, 1.807) is 18.2 Å². The highest BCUT2D eigenvalue weighted by Gasteiger charge is 2.32. The molecule has 4 rings (SSSR count). The molecule has 8 nitrogen and oxygen atoms in total. The fourth-order valence-electron chi connectivity index (χ4n) is 3.72. The molecule has 1 atom stereocenters.